The summed E-state index contributed by atoms with van der Waals surface area (Å²) in [6.45, 7) is 7.00. The van der Waals surface area contributed by atoms with E-state index in [0.717, 1.165) is 6.07 Å². The summed E-state index contributed by atoms with van der Waals surface area (Å²) in [5.41, 5.74) is 0.0503. The Hall–Kier alpha value is -2.29. The summed E-state index contributed by atoms with van der Waals surface area (Å²) < 4.78 is 33.1. The summed E-state index contributed by atoms with van der Waals surface area (Å²) in [6, 6.07) is 2.47. The fourth-order valence-corrected chi connectivity index (χ4v) is 3.37. The summed E-state index contributed by atoms with van der Waals surface area (Å²) in [5.74, 6) is -3.44. The Morgan fingerprint density at radius 2 is 2.07 bits per heavy atom. The molecule has 1 saturated heterocycles. The third-order valence-corrected chi connectivity index (χ3v) is 5.08. The van der Waals surface area contributed by atoms with Crippen molar-refractivity contribution in [3.63, 3.8) is 0 Å². The number of hydrogen-bond donors (Lipinski definition) is 1. The molecule has 1 heterocycles. The van der Waals surface area contributed by atoms with Crippen molar-refractivity contribution in [3.05, 3.63) is 46.5 Å². The van der Waals surface area contributed by atoms with Crippen molar-refractivity contribution in [1.29, 1.82) is 0 Å². The molecule has 164 valence electrons. The smallest absolute Gasteiger partial charge is 0.329 e. The van der Waals surface area contributed by atoms with Crippen LogP contribution in [0, 0.1) is 17.6 Å². The molecule has 1 aliphatic rings. The fraction of sp³-hybridized carbons (Fsp3) is 0.476. The molecule has 2 rings (SSSR count). The number of amides is 2. The highest BCUT2D eigenvalue weighted by atomic mass is 79.9. The zero-order valence-corrected chi connectivity index (χ0v) is 18.5. The van der Waals surface area contributed by atoms with Gasteiger partial charge in [-0.2, -0.15) is 0 Å². The lowest BCUT2D eigenvalue weighted by Crippen LogP contribution is -2.47. The van der Waals surface area contributed by atoms with Crippen molar-refractivity contribution in [3.8, 4) is 0 Å². The van der Waals surface area contributed by atoms with E-state index in [1.807, 2.05) is 0 Å². The molecule has 6 nitrogen and oxygen atoms in total. The first-order valence-corrected chi connectivity index (χ1v) is 10.4. The van der Waals surface area contributed by atoms with Gasteiger partial charge in [0.15, 0.2) is 11.6 Å². The highest BCUT2D eigenvalue weighted by Gasteiger charge is 2.34. The number of hydrogen-bond acceptors (Lipinski definition) is 4. The Bertz CT molecular complexity index is 831. The SMILES string of the molecule is C=C(Br)COC(=O)[C@@H](NC(=O)C[C@@H]1CCC(=O)N1Cc1cccc(F)c1F)C(C)C. The summed E-state index contributed by atoms with van der Waals surface area (Å²) in [4.78, 5) is 38.4. The molecule has 1 N–H and O–H groups in total. The highest BCUT2D eigenvalue weighted by molar-refractivity contribution is 9.11. The summed E-state index contributed by atoms with van der Waals surface area (Å²) in [6.07, 6.45) is 0.589. The maximum absolute atomic E-state index is 14.0. The minimum absolute atomic E-state index is 0.0119. The van der Waals surface area contributed by atoms with Crippen LogP contribution in [0.5, 0.6) is 0 Å². The van der Waals surface area contributed by atoms with Crippen molar-refractivity contribution in [2.45, 2.75) is 51.7 Å². The van der Waals surface area contributed by atoms with E-state index in [-0.39, 0.29) is 43.4 Å². The van der Waals surface area contributed by atoms with Crippen LogP contribution in [0.15, 0.2) is 29.3 Å². The Balaban J connectivity index is 2.02. The first-order valence-electron chi connectivity index (χ1n) is 9.61. The molecule has 1 aliphatic heterocycles. The average molecular weight is 487 g/mol. The largest absolute Gasteiger partial charge is 0.459 e. The maximum atomic E-state index is 14.0. The summed E-state index contributed by atoms with van der Waals surface area (Å²) in [5, 5.41) is 2.66. The first-order chi connectivity index (χ1) is 14.1. The Morgan fingerprint density at radius 3 is 2.70 bits per heavy atom. The third-order valence-electron chi connectivity index (χ3n) is 4.85. The standard InChI is InChI=1S/C21H25BrF2N2O4/c1-12(2)20(21(29)30-11-13(3)22)25-17(27)9-15-7-8-18(28)26(15)10-14-5-4-6-16(23)19(14)24/h4-6,12,15,20H,3,7-11H2,1-2H3,(H,25,27)/t15-,20-/m0/s1. The van der Waals surface area contributed by atoms with Crippen LogP contribution < -0.4 is 5.32 Å². The van der Waals surface area contributed by atoms with E-state index >= 15 is 0 Å². The second kappa shape index (κ2) is 10.7. The van der Waals surface area contributed by atoms with Crippen LogP contribution in [0.25, 0.3) is 0 Å². The van der Waals surface area contributed by atoms with Crippen LogP contribution in [-0.2, 0) is 25.7 Å². The summed E-state index contributed by atoms with van der Waals surface area (Å²) in [7, 11) is 0. The molecule has 30 heavy (non-hydrogen) atoms. The minimum Gasteiger partial charge on any atom is -0.459 e. The monoisotopic (exact) mass is 486 g/mol. The van der Waals surface area contributed by atoms with E-state index in [4.69, 9.17) is 4.74 Å². The van der Waals surface area contributed by atoms with Gasteiger partial charge in [0.05, 0.1) is 0 Å². The molecule has 9 heteroatoms. The molecule has 1 aromatic rings. The number of likely N-dealkylation sites (tertiary alicyclic amines) is 1. The molecule has 0 aliphatic carbocycles. The van der Waals surface area contributed by atoms with Gasteiger partial charge in [0.1, 0.15) is 12.6 Å². The fourth-order valence-electron chi connectivity index (χ4n) is 3.26. The lowest BCUT2D eigenvalue weighted by molar-refractivity contribution is -0.148. The molecule has 0 saturated carbocycles. The Kier molecular flexibility index (Phi) is 8.52. The van der Waals surface area contributed by atoms with Crippen molar-refractivity contribution >= 4 is 33.7 Å². The van der Waals surface area contributed by atoms with Crippen LogP contribution in [0.2, 0.25) is 0 Å². The molecule has 2 amide bonds. The quantitative estimate of drug-likeness (QED) is 0.542. The minimum atomic E-state index is -1.00. The molecular formula is C21H25BrF2N2O4. The zero-order valence-electron chi connectivity index (χ0n) is 16.9. The molecule has 0 aromatic heterocycles. The maximum Gasteiger partial charge on any atom is 0.329 e. The van der Waals surface area contributed by atoms with Crippen LogP contribution in [0.4, 0.5) is 8.78 Å². The van der Waals surface area contributed by atoms with E-state index in [1.165, 1.54) is 17.0 Å². The molecule has 0 radical (unpaired) electrons. The lowest BCUT2D eigenvalue weighted by Gasteiger charge is -2.26. The zero-order chi connectivity index (χ0) is 22.4. The van der Waals surface area contributed by atoms with Gasteiger partial charge in [-0.15, -0.1) is 0 Å². The van der Waals surface area contributed by atoms with Crippen LogP contribution in [0.1, 0.15) is 38.7 Å². The van der Waals surface area contributed by atoms with Crippen molar-refractivity contribution in [2.75, 3.05) is 6.61 Å². The van der Waals surface area contributed by atoms with E-state index in [0.29, 0.717) is 10.9 Å². The van der Waals surface area contributed by atoms with Gasteiger partial charge in [-0.05, 0) is 18.4 Å². The normalized spacial score (nSPS) is 17.2. The van der Waals surface area contributed by atoms with E-state index in [9.17, 15) is 23.2 Å². The number of halogens is 3. The predicted molar refractivity (Wildman–Crippen MR) is 110 cm³/mol. The number of rotatable bonds is 9. The number of carbonyl (C=O) groups is 3. The topological polar surface area (TPSA) is 75.7 Å². The molecule has 1 fully saturated rings. The number of esters is 1. The van der Waals surface area contributed by atoms with Crippen molar-refractivity contribution < 1.29 is 27.9 Å². The number of benzene rings is 1. The molecule has 0 spiro atoms. The number of nitrogens with one attached hydrogen (secondary N) is 1. The number of ether oxygens (including phenoxy) is 1. The van der Waals surface area contributed by atoms with Gasteiger partial charge in [0.2, 0.25) is 11.8 Å². The molecule has 1 aromatic carbocycles. The van der Waals surface area contributed by atoms with Gasteiger partial charge in [-0.1, -0.05) is 48.5 Å². The van der Waals surface area contributed by atoms with Crippen molar-refractivity contribution in [1.82, 2.24) is 10.2 Å². The van der Waals surface area contributed by atoms with E-state index in [2.05, 4.69) is 27.8 Å². The lowest BCUT2D eigenvalue weighted by atomic mass is 10.0. The highest BCUT2D eigenvalue weighted by Crippen LogP contribution is 2.25. The van der Waals surface area contributed by atoms with Crippen LogP contribution in [-0.4, -0.2) is 41.4 Å². The Labute approximate surface area is 182 Å². The van der Waals surface area contributed by atoms with Gasteiger partial charge in [-0.25, -0.2) is 13.6 Å². The van der Waals surface area contributed by atoms with E-state index in [1.54, 1.807) is 13.8 Å². The van der Waals surface area contributed by atoms with Crippen LogP contribution in [0.3, 0.4) is 0 Å². The van der Waals surface area contributed by atoms with Gasteiger partial charge >= 0.3 is 5.97 Å². The van der Waals surface area contributed by atoms with Gasteiger partial charge in [0, 0.05) is 35.5 Å². The van der Waals surface area contributed by atoms with Crippen molar-refractivity contribution in [2.24, 2.45) is 5.92 Å². The van der Waals surface area contributed by atoms with Gasteiger partial charge in [0.25, 0.3) is 0 Å². The average Bonchev–Trinajstić information content (AvgIpc) is 3.00. The van der Waals surface area contributed by atoms with Gasteiger partial charge < -0.3 is 15.0 Å². The first kappa shape index (κ1) is 24.0. The predicted octanol–water partition coefficient (Wildman–Crippen LogP) is 3.44. The molecule has 2 atom stereocenters. The van der Waals surface area contributed by atoms with Crippen LogP contribution >= 0.6 is 15.9 Å². The third kappa shape index (κ3) is 6.35. The molecular weight excluding hydrogens is 462 g/mol. The second-order valence-electron chi connectivity index (χ2n) is 7.55. The molecule has 0 unspecified atom stereocenters. The molecule has 0 bridgehead atoms. The second-order valence-corrected chi connectivity index (χ2v) is 8.67. The van der Waals surface area contributed by atoms with Gasteiger partial charge in [-0.3, -0.25) is 9.59 Å². The number of nitrogens with zero attached hydrogens (tertiary/aromatic N) is 1. The van der Waals surface area contributed by atoms with E-state index < -0.39 is 35.6 Å². The number of carbonyl (C=O) groups excluding carboxylic acids is 3. The summed E-state index contributed by atoms with van der Waals surface area (Å²) >= 11 is 3.10. The Morgan fingerprint density at radius 1 is 1.37 bits per heavy atom.